The van der Waals surface area contributed by atoms with Gasteiger partial charge in [0.05, 0.1) is 11.1 Å². The van der Waals surface area contributed by atoms with Gasteiger partial charge in [0.25, 0.3) is 0 Å². The predicted molar refractivity (Wildman–Crippen MR) is 138 cm³/mol. The Balaban J connectivity index is 2.21. The van der Waals surface area contributed by atoms with E-state index in [0.29, 0.717) is 28.2 Å². The Morgan fingerprint density at radius 3 is 2.52 bits per heavy atom. The Morgan fingerprint density at radius 1 is 1.09 bits per heavy atom. The van der Waals surface area contributed by atoms with Gasteiger partial charge < -0.3 is 10.1 Å². The topological polar surface area (TPSA) is 56.1 Å². The van der Waals surface area contributed by atoms with E-state index in [9.17, 15) is 4.79 Å². The summed E-state index contributed by atoms with van der Waals surface area (Å²) in [6, 6.07) is 14.7. The molecular formula is C28H27N3O2. The van der Waals surface area contributed by atoms with Crippen molar-refractivity contribution in [1.82, 2.24) is 9.55 Å². The molecule has 0 spiro atoms. The van der Waals surface area contributed by atoms with Crippen LogP contribution in [0.5, 0.6) is 5.75 Å². The summed E-state index contributed by atoms with van der Waals surface area (Å²) in [5.74, 6) is 1.29. The van der Waals surface area contributed by atoms with E-state index >= 15 is 0 Å². The predicted octanol–water partition coefficient (Wildman–Crippen LogP) is 6.25. The minimum atomic E-state index is -0.146. The van der Waals surface area contributed by atoms with Crippen LogP contribution >= 0.6 is 0 Å². The van der Waals surface area contributed by atoms with Crippen LogP contribution in [0.1, 0.15) is 12.6 Å². The van der Waals surface area contributed by atoms with Gasteiger partial charge in [0.15, 0.2) is 5.43 Å². The van der Waals surface area contributed by atoms with Gasteiger partial charge in [-0.05, 0) is 55.5 Å². The Bertz CT molecular complexity index is 1310. The molecule has 166 valence electrons. The fourth-order valence-corrected chi connectivity index (χ4v) is 3.27. The van der Waals surface area contributed by atoms with Gasteiger partial charge in [-0.2, -0.15) is 0 Å². The number of anilines is 1. The summed E-state index contributed by atoms with van der Waals surface area (Å²) in [6.45, 7) is 13.6. The van der Waals surface area contributed by atoms with Crippen molar-refractivity contribution in [1.29, 1.82) is 0 Å². The van der Waals surface area contributed by atoms with E-state index in [0.717, 1.165) is 11.4 Å². The van der Waals surface area contributed by atoms with E-state index in [1.165, 1.54) is 0 Å². The molecule has 2 aromatic heterocycles. The third-order valence-corrected chi connectivity index (χ3v) is 4.72. The highest BCUT2D eigenvalue weighted by atomic mass is 16.5. The molecule has 1 N–H and O–H groups in total. The molecule has 0 amide bonds. The number of para-hydroxylation sites is 1. The van der Waals surface area contributed by atoms with Crippen LogP contribution in [-0.2, 0) is 6.61 Å². The Hall–Kier alpha value is -4.38. The van der Waals surface area contributed by atoms with Crippen molar-refractivity contribution in [2.45, 2.75) is 13.5 Å². The van der Waals surface area contributed by atoms with Gasteiger partial charge in [-0.25, -0.2) is 4.98 Å². The van der Waals surface area contributed by atoms with E-state index in [1.54, 1.807) is 36.4 Å². The zero-order valence-corrected chi connectivity index (χ0v) is 18.7. The summed E-state index contributed by atoms with van der Waals surface area (Å²) < 4.78 is 7.75. The summed E-state index contributed by atoms with van der Waals surface area (Å²) in [5.41, 5.74) is 2.54. The first-order valence-corrected chi connectivity index (χ1v) is 10.5. The lowest BCUT2D eigenvalue weighted by Gasteiger charge is -2.19. The summed E-state index contributed by atoms with van der Waals surface area (Å²) in [5, 5.41) is 3.76. The zero-order chi connectivity index (χ0) is 23.6. The number of nitrogens with one attached hydrogen (secondary N) is 1. The maximum absolute atomic E-state index is 13.0. The van der Waals surface area contributed by atoms with Crippen molar-refractivity contribution in [3.05, 3.63) is 132 Å². The smallest absolute Gasteiger partial charge is 0.193 e. The van der Waals surface area contributed by atoms with Crippen LogP contribution in [0, 0.1) is 0 Å². The van der Waals surface area contributed by atoms with Crippen molar-refractivity contribution >= 4 is 22.5 Å². The van der Waals surface area contributed by atoms with Crippen LogP contribution in [0.25, 0.3) is 16.7 Å². The number of aromatic nitrogens is 2. The molecule has 0 aliphatic rings. The quantitative estimate of drug-likeness (QED) is 0.381. The Morgan fingerprint density at radius 2 is 1.85 bits per heavy atom. The van der Waals surface area contributed by atoms with E-state index in [4.69, 9.17) is 9.72 Å². The second kappa shape index (κ2) is 11.3. The van der Waals surface area contributed by atoms with E-state index in [2.05, 4.69) is 25.1 Å². The van der Waals surface area contributed by atoms with Crippen LogP contribution < -0.4 is 15.5 Å². The largest absolute Gasteiger partial charge is 0.487 e. The molecule has 0 aliphatic carbocycles. The van der Waals surface area contributed by atoms with Crippen LogP contribution in [0.3, 0.4) is 0 Å². The second-order valence-corrected chi connectivity index (χ2v) is 7.02. The minimum absolute atomic E-state index is 0.146. The lowest BCUT2D eigenvalue weighted by Crippen LogP contribution is -2.16. The third kappa shape index (κ3) is 5.66. The van der Waals surface area contributed by atoms with Crippen molar-refractivity contribution in [3.8, 4) is 5.75 Å². The molecule has 3 rings (SSSR count). The first-order chi connectivity index (χ1) is 16.1. The number of allylic oxidation sites excluding steroid dienone is 8. The van der Waals surface area contributed by atoms with Crippen LogP contribution in [0.2, 0.25) is 0 Å². The maximum Gasteiger partial charge on any atom is 0.193 e. The van der Waals surface area contributed by atoms with E-state index in [-0.39, 0.29) is 12.0 Å². The molecular weight excluding hydrogens is 410 g/mol. The number of fused-ring (bicyclic) bond motifs is 1. The Labute approximate surface area is 194 Å². The number of nitrogens with zero attached hydrogens (tertiary/aromatic N) is 2. The zero-order valence-electron chi connectivity index (χ0n) is 18.7. The molecule has 0 saturated heterocycles. The first kappa shape index (κ1) is 23.3. The van der Waals surface area contributed by atoms with Gasteiger partial charge in [0, 0.05) is 17.5 Å². The summed E-state index contributed by atoms with van der Waals surface area (Å²) in [4.78, 5) is 17.8. The van der Waals surface area contributed by atoms with Crippen LogP contribution in [-0.4, -0.2) is 9.55 Å². The molecule has 3 aromatic rings. The highest BCUT2D eigenvalue weighted by molar-refractivity contribution is 5.84. The van der Waals surface area contributed by atoms with Gasteiger partial charge in [-0.1, -0.05) is 56.2 Å². The first-order valence-electron chi connectivity index (χ1n) is 10.5. The van der Waals surface area contributed by atoms with Gasteiger partial charge in [0.1, 0.15) is 23.8 Å². The molecule has 5 nitrogen and oxygen atoms in total. The molecule has 0 radical (unpaired) electrons. The standard InChI is InChI=1S/C28H27N3O2/c1-5-12-21(8-4)29-27-19-26(32)25-18-17-22(20-33-24-15-10-9-11-16-24)30-28(25)31(27)23(13-6-2)14-7-3/h5-19,29H,1-2,4,20H2,3H3/b14-7-,21-12+,23-13+. The van der Waals surface area contributed by atoms with E-state index < -0.39 is 0 Å². The van der Waals surface area contributed by atoms with Crippen molar-refractivity contribution in [2.75, 3.05) is 5.32 Å². The number of benzene rings is 1. The maximum atomic E-state index is 13.0. The summed E-state index contributed by atoms with van der Waals surface area (Å²) in [6.07, 6.45) is 12.5. The second-order valence-electron chi connectivity index (χ2n) is 7.02. The molecule has 0 atom stereocenters. The molecule has 33 heavy (non-hydrogen) atoms. The van der Waals surface area contributed by atoms with Crippen molar-refractivity contribution in [2.24, 2.45) is 0 Å². The highest BCUT2D eigenvalue weighted by Gasteiger charge is 2.14. The minimum Gasteiger partial charge on any atom is -0.487 e. The lowest BCUT2D eigenvalue weighted by molar-refractivity contribution is 0.301. The third-order valence-electron chi connectivity index (χ3n) is 4.72. The Kier molecular flexibility index (Phi) is 7.97. The average molecular weight is 438 g/mol. The molecule has 2 heterocycles. The number of hydrogen-bond donors (Lipinski definition) is 1. The monoisotopic (exact) mass is 437 g/mol. The molecule has 0 bridgehead atoms. The molecule has 1 aromatic carbocycles. The number of pyridine rings is 2. The van der Waals surface area contributed by atoms with Crippen molar-refractivity contribution in [3.63, 3.8) is 0 Å². The number of hydrogen-bond acceptors (Lipinski definition) is 4. The van der Waals surface area contributed by atoms with Gasteiger partial charge >= 0.3 is 0 Å². The molecule has 0 fully saturated rings. The van der Waals surface area contributed by atoms with E-state index in [1.807, 2.05) is 66.1 Å². The van der Waals surface area contributed by atoms with Gasteiger partial charge in [-0.3, -0.25) is 9.36 Å². The average Bonchev–Trinajstić information content (AvgIpc) is 2.83. The number of ether oxygens (including phenoxy) is 1. The molecule has 0 aliphatic heterocycles. The van der Waals surface area contributed by atoms with Gasteiger partial charge in [-0.15, -0.1) is 0 Å². The van der Waals surface area contributed by atoms with Crippen molar-refractivity contribution < 1.29 is 4.74 Å². The molecule has 0 unspecified atom stereocenters. The van der Waals surface area contributed by atoms with Crippen LogP contribution in [0.15, 0.2) is 121 Å². The normalized spacial score (nSPS) is 12.0. The number of rotatable bonds is 10. The fraction of sp³-hybridized carbons (Fsp3) is 0.0714. The molecule has 0 saturated carbocycles. The SMILES string of the molecule is C=C/C=C(\C=C)Nc1cc(=O)c2ccc(COc3ccccc3)nc2n1C(/C=C\C)=C/C=C. The highest BCUT2D eigenvalue weighted by Crippen LogP contribution is 2.24. The summed E-state index contributed by atoms with van der Waals surface area (Å²) in [7, 11) is 0. The van der Waals surface area contributed by atoms with Crippen LogP contribution in [0.4, 0.5) is 5.82 Å². The van der Waals surface area contributed by atoms with Gasteiger partial charge in [0.2, 0.25) is 0 Å². The lowest BCUT2D eigenvalue weighted by atomic mass is 10.2. The summed E-state index contributed by atoms with van der Waals surface area (Å²) >= 11 is 0. The molecule has 5 heteroatoms. The fourth-order valence-electron chi connectivity index (χ4n) is 3.27.